The lowest BCUT2D eigenvalue weighted by atomic mass is 9.90. The molecule has 0 fully saturated rings. The molecule has 0 bridgehead atoms. The van der Waals surface area contributed by atoms with Gasteiger partial charge in [-0.1, -0.05) is 55.1 Å². The van der Waals surface area contributed by atoms with Gasteiger partial charge in [-0.2, -0.15) is 0 Å². The second-order valence-corrected chi connectivity index (χ2v) is 7.45. The van der Waals surface area contributed by atoms with E-state index in [9.17, 15) is 4.39 Å². The summed E-state index contributed by atoms with van der Waals surface area (Å²) in [5.41, 5.74) is 5.05. The van der Waals surface area contributed by atoms with Crippen LogP contribution in [-0.4, -0.2) is 7.11 Å². The smallest absolute Gasteiger partial charge is 0.165 e. The van der Waals surface area contributed by atoms with E-state index in [0.29, 0.717) is 5.75 Å². The maximum Gasteiger partial charge on any atom is 0.165 e. The molecule has 3 heteroatoms. The van der Waals surface area contributed by atoms with Crippen LogP contribution in [0.2, 0.25) is 0 Å². The molecule has 1 nitrogen and oxygen atoms in total. The quantitative estimate of drug-likeness (QED) is 0.445. The van der Waals surface area contributed by atoms with Crippen LogP contribution in [0.1, 0.15) is 35.1 Å². The monoisotopic (exact) mass is 350 g/mol. The highest BCUT2D eigenvalue weighted by Crippen LogP contribution is 2.41. The van der Waals surface area contributed by atoms with Crippen molar-refractivity contribution in [3.05, 3.63) is 88.7 Å². The Bertz CT molecular complexity index is 935. The summed E-state index contributed by atoms with van der Waals surface area (Å²) in [6, 6.07) is 20.4. The van der Waals surface area contributed by atoms with Gasteiger partial charge >= 0.3 is 0 Å². The van der Waals surface area contributed by atoms with Gasteiger partial charge in [-0.3, -0.25) is 0 Å². The van der Waals surface area contributed by atoms with Crippen molar-refractivity contribution in [2.45, 2.75) is 29.1 Å². The van der Waals surface area contributed by atoms with Crippen molar-refractivity contribution in [1.29, 1.82) is 0 Å². The van der Waals surface area contributed by atoms with Gasteiger partial charge in [0.15, 0.2) is 11.6 Å². The van der Waals surface area contributed by atoms with E-state index in [1.165, 1.54) is 39.7 Å². The fraction of sp³-hybridized carbons (Fsp3) is 0.182. The molecule has 0 aromatic heterocycles. The van der Waals surface area contributed by atoms with Crippen LogP contribution in [0.25, 0.3) is 0 Å². The molecule has 1 aliphatic heterocycles. The zero-order valence-electron chi connectivity index (χ0n) is 14.3. The summed E-state index contributed by atoms with van der Waals surface area (Å²) < 4.78 is 18.8. The van der Waals surface area contributed by atoms with E-state index in [-0.39, 0.29) is 11.7 Å². The first-order valence-electron chi connectivity index (χ1n) is 8.37. The number of benzene rings is 3. The van der Waals surface area contributed by atoms with Gasteiger partial charge in [0, 0.05) is 15.7 Å². The lowest BCUT2D eigenvalue weighted by molar-refractivity contribution is 0.386. The highest BCUT2D eigenvalue weighted by Gasteiger charge is 2.18. The third-order valence-electron chi connectivity index (χ3n) is 4.83. The van der Waals surface area contributed by atoms with E-state index in [2.05, 4.69) is 49.4 Å². The zero-order chi connectivity index (χ0) is 17.4. The molecule has 25 heavy (non-hydrogen) atoms. The second-order valence-electron chi connectivity index (χ2n) is 6.37. The Morgan fingerprint density at radius 3 is 2.48 bits per heavy atom. The Kier molecular flexibility index (Phi) is 4.26. The predicted molar refractivity (Wildman–Crippen MR) is 100 cm³/mol. The Morgan fingerprint density at radius 1 is 0.920 bits per heavy atom. The van der Waals surface area contributed by atoms with Crippen molar-refractivity contribution < 1.29 is 9.13 Å². The molecule has 0 saturated heterocycles. The largest absolute Gasteiger partial charge is 0.494 e. The number of halogens is 1. The first-order chi connectivity index (χ1) is 12.2. The van der Waals surface area contributed by atoms with Crippen LogP contribution in [0.5, 0.6) is 5.75 Å². The van der Waals surface area contributed by atoms with E-state index < -0.39 is 0 Å². The van der Waals surface area contributed by atoms with Gasteiger partial charge < -0.3 is 4.74 Å². The minimum atomic E-state index is -0.322. The molecule has 1 heterocycles. The maximum absolute atomic E-state index is 13.7. The van der Waals surface area contributed by atoms with E-state index in [1.807, 2.05) is 17.8 Å². The van der Waals surface area contributed by atoms with Crippen LogP contribution in [0, 0.1) is 5.82 Å². The van der Waals surface area contributed by atoms with Gasteiger partial charge in [-0.15, -0.1) is 0 Å². The van der Waals surface area contributed by atoms with Crippen molar-refractivity contribution in [2.24, 2.45) is 0 Å². The molecule has 0 aliphatic carbocycles. The Labute approximate surface area is 151 Å². The van der Waals surface area contributed by atoms with E-state index in [0.717, 1.165) is 12.0 Å². The fourth-order valence-electron chi connectivity index (χ4n) is 3.32. The van der Waals surface area contributed by atoms with E-state index in [1.54, 1.807) is 6.07 Å². The van der Waals surface area contributed by atoms with Gasteiger partial charge in [0.1, 0.15) is 0 Å². The first-order valence-corrected chi connectivity index (χ1v) is 9.19. The van der Waals surface area contributed by atoms with Crippen LogP contribution in [0.15, 0.2) is 70.5 Å². The van der Waals surface area contributed by atoms with E-state index in [4.69, 9.17) is 4.74 Å². The van der Waals surface area contributed by atoms with Crippen molar-refractivity contribution in [3.8, 4) is 5.75 Å². The topological polar surface area (TPSA) is 9.23 Å². The molecule has 1 atom stereocenters. The molecule has 0 N–H and O–H groups in total. The molecular weight excluding hydrogens is 331 g/mol. The van der Waals surface area contributed by atoms with Crippen LogP contribution in [0.4, 0.5) is 4.39 Å². The van der Waals surface area contributed by atoms with Gasteiger partial charge in [-0.05, 0) is 52.9 Å². The number of fused-ring (bicyclic) bond motifs is 2. The fourth-order valence-corrected chi connectivity index (χ4v) is 4.37. The van der Waals surface area contributed by atoms with Crippen LogP contribution in [-0.2, 0) is 6.42 Å². The predicted octanol–water partition coefficient (Wildman–Crippen LogP) is 6.04. The third-order valence-corrected chi connectivity index (χ3v) is 6.07. The van der Waals surface area contributed by atoms with Crippen LogP contribution in [0.3, 0.4) is 0 Å². The second kappa shape index (κ2) is 6.57. The van der Waals surface area contributed by atoms with Crippen molar-refractivity contribution in [3.63, 3.8) is 0 Å². The lowest BCUT2D eigenvalue weighted by Gasteiger charge is -2.21. The van der Waals surface area contributed by atoms with E-state index >= 15 is 0 Å². The van der Waals surface area contributed by atoms with Gasteiger partial charge in [-0.25, -0.2) is 4.39 Å². The number of methoxy groups -OCH3 is 1. The molecular formula is C22H19FOS. The summed E-state index contributed by atoms with van der Waals surface area (Å²) in [6.45, 7) is 2.15. The Hall–Kier alpha value is -2.26. The molecule has 1 unspecified atom stereocenters. The third kappa shape index (κ3) is 3.05. The van der Waals surface area contributed by atoms with Crippen LogP contribution >= 0.6 is 11.8 Å². The molecule has 0 spiro atoms. The summed E-state index contributed by atoms with van der Waals surface area (Å²) in [5.74, 6) is 0.158. The molecule has 126 valence electrons. The van der Waals surface area contributed by atoms with Gasteiger partial charge in [0.2, 0.25) is 0 Å². The standard InChI is InChI=1S/C22H19FOS/c1-14(16-7-9-19(23)20(13-16)24-2)15-8-10-22-18(11-15)12-17-5-3-4-6-21(17)25-22/h3-11,13-14H,12H2,1-2H3. The number of hydrogen-bond acceptors (Lipinski definition) is 2. The molecule has 1 aliphatic rings. The lowest BCUT2D eigenvalue weighted by Crippen LogP contribution is -2.03. The maximum atomic E-state index is 13.7. The first kappa shape index (κ1) is 16.2. The minimum absolute atomic E-state index is 0.182. The Balaban J connectivity index is 1.66. The summed E-state index contributed by atoms with van der Waals surface area (Å²) in [5, 5.41) is 0. The molecule has 3 aromatic rings. The minimum Gasteiger partial charge on any atom is -0.494 e. The molecule has 0 radical (unpaired) electrons. The zero-order valence-corrected chi connectivity index (χ0v) is 15.1. The van der Waals surface area contributed by atoms with Crippen LogP contribution < -0.4 is 4.74 Å². The average molecular weight is 350 g/mol. The SMILES string of the molecule is COc1cc(C(C)c2ccc3c(c2)Cc2ccccc2S3)ccc1F. The number of ether oxygens (including phenoxy) is 1. The normalized spacial score (nSPS) is 13.7. The summed E-state index contributed by atoms with van der Waals surface area (Å²) >= 11 is 1.84. The number of rotatable bonds is 3. The average Bonchev–Trinajstić information content (AvgIpc) is 2.65. The van der Waals surface area contributed by atoms with Crippen molar-refractivity contribution in [2.75, 3.05) is 7.11 Å². The molecule has 3 aromatic carbocycles. The van der Waals surface area contributed by atoms with Crippen molar-refractivity contribution in [1.82, 2.24) is 0 Å². The molecule has 0 amide bonds. The summed E-state index contributed by atoms with van der Waals surface area (Å²) in [4.78, 5) is 2.67. The number of hydrogen-bond donors (Lipinski definition) is 0. The summed E-state index contributed by atoms with van der Waals surface area (Å²) in [7, 11) is 1.50. The highest BCUT2D eigenvalue weighted by atomic mass is 32.2. The Morgan fingerprint density at radius 2 is 1.64 bits per heavy atom. The van der Waals surface area contributed by atoms with Gasteiger partial charge in [0.25, 0.3) is 0 Å². The van der Waals surface area contributed by atoms with Gasteiger partial charge in [0.05, 0.1) is 7.11 Å². The molecule has 4 rings (SSSR count). The molecule has 0 saturated carbocycles. The summed E-state index contributed by atoms with van der Waals surface area (Å²) in [6.07, 6.45) is 0.964. The highest BCUT2D eigenvalue weighted by molar-refractivity contribution is 7.99. The van der Waals surface area contributed by atoms with Crippen molar-refractivity contribution >= 4 is 11.8 Å².